The molecule has 2 heterocycles. The molecule has 0 aromatic heterocycles. The highest BCUT2D eigenvalue weighted by Gasteiger charge is 2.35. The maximum Gasteiger partial charge on any atom is 0.266 e. The van der Waals surface area contributed by atoms with Gasteiger partial charge >= 0.3 is 0 Å². The van der Waals surface area contributed by atoms with Gasteiger partial charge in [0.25, 0.3) is 5.91 Å². The largest absolute Gasteiger partial charge is 0.271 e. The molecule has 74 valence electrons. The van der Waals surface area contributed by atoms with Crippen LogP contribution < -0.4 is 0 Å². The minimum Gasteiger partial charge on any atom is -0.271 e. The molecule has 0 saturated carbocycles. The molecule has 14 heavy (non-hydrogen) atoms. The Morgan fingerprint density at radius 3 is 2.71 bits per heavy atom. The summed E-state index contributed by atoms with van der Waals surface area (Å²) in [5.74, 6) is -0.0875. The minimum absolute atomic E-state index is 0.0875. The van der Waals surface area contributed by atoms with Crippen molar-refractivity contribution in [1.82, 2.24) is 0 Å². The van der Waals surface area contributed by atoms with E-state index in [1.807, 2.05) is 6.08 Å². The fraction of sp³-hybridized carbons (Fsp3) is 0.500. The lowest BCUT2D eigenvalue weighted by molar-refractivity contribution is -0.116. The molecular weight excluding hydrogens is 196 g/mol. The first-order chi connectivity index (χ1) is 6.48. The molecule has 1 atom stereocenters. The molecule has 4 heteroatoms. The zero-order valence-corrected chi connectivity index (χ0v) is 9.26. The zero-order chi connectivity index (χ0) is 10.3. The Morgan fingerprint density at radius 2 is 2.14 bits per heavy atom. The number of allylic oxidation sites excluding steroid dienone is 2. The Morgan fingerprint density at radius 1 is 1.43 bits per heavy atom. The predicted octanol–water partition coefficient (Wildman–Crippen LogP) is 2.04. The number of hydrogen-bond acceptors (Lipinski definition) is 3. The third-order valence-corrected chi connectivity index (χ3v) is 3.81. The van der Waals surface area contributed by atoms with Crippen LogP contribution in [0.25, 0.3) is 0 Å². The number of thioether (sulfide) groups is 1. The van der Waals surface area contributed by atoms with Crippen molar-refractivity contribution in [2.75, 3.05) is 0 Å². The third-order valence-electron chi connectivity index (χ3n) is 2.15. The standard InChI is InChI=1S/C10H12N2OS/c1-10(2,3)7-4-6-8(14-7)9(13)12-5-11-6/h4-5,8H,1-3H3. The molecule has 0 saturated heterocycles. The second-order valence-electron chi connectivity index (χ2n) is 4.39. The molecule has 0 aromatic carbocycles. The van der Waals surface area contributed by atoms with E-state index in [9.17, 15) is 4.79 Å². The third kappa shape index (κ3) is 1.54. The molecule has 1 amide bonds. The summed E-state index contributed by atoms with van der Waals surface area (Å²) in [5.41, 5.74) is 0.935. The lowest BCUT2D eigenvalue weighted by Crippen LogP contribution is -2.24. The molecule has 0 aromatic rings. The first kappa shape index (κ1) is 9.65. The molecule has 0 spiro atoms. The number of hydrogen-bond donors (Lipinski definition) is 0. The first-order valence-corrected chi connectivity index (χ1v) is 5.39. The maximum atomic E-state index is 11.4. The zero-order valence-electron chi connectivity index (χ0n) is 8.44. The SMILES string of the molecule is CC(C)(C)C1=CC2=NC=NC(=O)C2S1. The summed E-state index contributed by atoms with van der Waals surface area (Å²) in [5, 5.41) is -0.186. The highest BCUT2D eigenvalue weighted by atomic mass is 32.2. The van der Waals surface area contributed by atoms with Crippen LogP contribution in [0, 0.1) is 5.41 Å². The molecule has 0 fully saturated rings. The van der Waals surface area contributed by atoms with E-state index >= 15 is 0 Å². The minimum atomic E-state index is -0.186. The van der Waals surface area contributed by atoms with Crippen LogP contribution >= 0.6 is 11.8 Å². The summed E-state index contributed by atoms with van der Waals surface area (Å²) < 4.78 is 0. The van der Waals surface area contributed by atoms with Gasteiger partial charge in [-0.05, 0) is 16.4 Å². The summed E-state index contributed by atoms with van der Waals surface area (Å²) in [4.78, 5) is 20.4. The second kappa shape index (κ2) is 3.05. The Balaban J connectivity index is 2.32. The fourth-order valence-electron chi connectivity index (χ4n) is 1.33. The van der Waals surface area contributed by atoms with Gasteiger partial charge in [0.15, 0.2) is 0 Å². The van der Waals surface area contributed by atoms with E-state index in [-0.39, 0.29) is 16.6 Å². The average Bonchev–Trinajstić information content (AvgIpc) is 2.48. The molecule has 0 radical (unpaired) electrons. The molecule has 0 bridgehead atoms. The number of carbonyl (C=O) groups is 1. The number of nitrogens with zero attached hydrogens (tertiary/aromatic N) is 2. The van der Waals surface area contributed by atoms with E-state index in [4.69, 9.17) is 0 Å². The average molecular weight is 208 g/mol. The fourth-order valence-corrected chi connectivity index (χ4v) is 2.53. The van der Waals surface area contributed by atoms with Crippen LogP contribution in [0.1, 0.15) is 20.8 Å². The second-order valence-corrected chi connectivity index (χ2v) is 5.54. The van der Waals surface area contributed by atoms with E-state index < -0.39 is 0 Å². The highest BCUT2D eigenvalue weighted by Crippen LogP contribution is 2.42. The van der Waals surface area contributed by atoms with Crippen LogP contribution in [0.3, 0.4) is 0 Å². The van der Waals surface area contributed by atoms with Gasteiger partial charge in [0, 0.05) is 0 Å². The van der Waals surface area contributed by atoms with E-state index in [0.29, 0.717) is 0 Å². The van der Waals surface area contributed by atoms with Crippen molar-refractivity contribution in [3.63, 3.8) is 0 Å². The van der Waals surface area contributed by atoms with E-state index in [0.717, 1.165) is 5.71 Å². The number of fused-ring (bicyclic) bond motifs is 1. The highest BCUT2D eigenvalue weighted by molar-refractivity contribution is 8.05. The van der Waals surface area contributed by atoms with Crippen molar-refractivity contribution in [3.8, 4) is 0 Å². The Kier molecular flexibility index (Phi) is 2.10. The summed E-state index contributed by atoms with van der Waals surface area (Å²) in [6.45, 7) is 6.40. The molecule has 3 nitrogen and oxygen atoms in total. The van der Waals surface area contributed by atoms with Crippen molar-refractivity contribution in [3.05, 3.63) is 11.0 Å². The van der Waals surface area contributed by atoms with Crippen LogP contribution in [0.15, 0.2) is 21.0 Å². The summed E-state index contributed by atoms with van der Waals surface area (Å²) in [7, 11) is 0. The van der Waals surface area contributed by atoms with Gasteiger partial charge < -0.3 is 0 Å². The summed E-state index contributed by atoms with van der Waals surface area (Å²) in [6.07, 6.45) is 3.36. The van der Waals surface area contributed by atoms with E-state index in [1.54, 1.807) is 11.8 Å². The number of amides is 1. The van der Waals surface area contributed by atoms with Crippen LogP contribution in [0.4, 0.5) is 0 Å². The van der Waals surface area contributed by atoms with Crippen molar-refractivity contribution in [2.24, 2.45) is 15.4 Å². The number of carbonyl (C=O) groups excluding carboxylic acids is 1. The quantitative estimate of drug-likeness (QED) is 0.611. The monoisotopic (exact) mass is 208 g/mol. The molecule has 0 aliphatic carbocycles. The van der Waals surface area contributed by atoms with Crippen LogP contribution in [-0.2, 0) is 4.79 Å². The number of aliphatic imine (C=N–C) groups is 2. The van der Waals surface area contributed by atoms with Crippen molar-refractivity contribution < 1.29 is 4.79 Å². The topological polar surface area (TPSA) is 41.8 Å². The molecule has 1 unspecified atom stereocenters. The van der Waals surface area contributed by atoms with Crippen molar-refractivity contribution in [2.45, 2.75) is 26.0 Å². The summed E-state index contributed by atoms with van der Waals surface area (Å²) >= 11 is 1.58. The Labute approximate surface area is 87.4 Å². The van der Waals surface area contributed by atoms with Gasteiger partial charge in [-0.25, -0.2) is 9.98 Å². The first-order valence-electron chi connectivity index (χ1n) is 4.51. The van der Waals surface area contributed by atoms with Crippen molar-refractivity contribution >= 4 is 29.7 Å². The van der Waals surface area contributed by atoms with Gasteiger partial charge in [0.2, 0.25) is 0 Å². The van der Waals surface area contributed by atoms with Gasteiger partial charge in [0.1, 0.15) is 11.6 Å². The van der Waals surface area contributed by atoms with Gasteiger partial charge in [-0.3, -0.25) is 4.79 Å². The van der Waals surface area contributed by atoms with Gasteiger partial charge in [0.05, 0.1) is 5.71 Å². The van der Waals surface area contributed by atoms with Crippen LogP contribution in [0.5, 0.6) is 0 Å². The van der Waals surface area contributed by atoms with Gasteiger partial charge in [-0.1, -0.05) is 20.8 Å². The van der Waals surface area contributed by atoms with Gasteiger partial charge in [-0.2, -0.15) is 0 Å². The van der Waals surface area contributed by atoms with Crippen LogP contribution in [0.2, 0.25) is 0 Å². The number of rotatable bonds is 0. The summed E-state index contributed by atoms with van der Waals surface area (Å²) in [6, 6.07) is 0. The maximum absolute atomic E-state index is 11.4. The molecule has 2 aliphatic rings. The normalized spacial score (nSPS) is 25.9. The Bertz CT molecular complexity index is 374. The molecular formula is C10H12N2OS. The molecule has 0 N–H and O–H groups in total. The van der Waals surface area contributed by atoms with E-state index in [2.05, 4.69) is 30.8 Å². The smallest absolute Gasteiger partial charge is 0.266 e. The lowest BCUT2D eigenvalue weighted by Gasteiger charge is -2.19. The van der Waals surface area contributed by atoms with Crippen molar-refractivity contribution in [1.29, 1.82) is 0 Å². The molecule has 2 rings (SSSR count). The Hall–Kier alpha value is -0.900. The lowest BCUT2D eigenvalue weighted by atomic mass is 9.95. The molecule has 2 aliphatic heterocycles. The predicted molar refractivity (Wildman–Crippen MR) is 59.9 cm³/mol. The van der Waals surface area contributed by atoms with Crippen LogP contribution in [-0.4, -0.2) is 23.2 Å². The van der Waals surface area contributed by atoms with E-state index in [1.165, 1.54) is 11.2 Å². The van der Waals surface area contributed by atoms with Gasteiger partial charge in [-0.15, -0.1) is 11.8 Å².